The van der Waals surface area contributed by atoms with Crippen molar-refractivity contribution in [2.45, 2.75) is 26.9 Å². The van der Waals surface area contributed by atoms with Gasteiger partial charge in [-0.15, -0.1) is 0 Å². The zero-order valence-electron chi connectivity index (χ0n) is 15.1. The molecule has 2 unspecified atom stereocenters. The van der Waals surface area contributed by atoms with Crippen molar-refractivity contribution in [3.63, 3.8) is 0 Å². The van der Waals surface area contributed by atoms with Crippen LogP contribution >= 0.6 is 0 Å². The Hall–Kier alpha value is -2.41. The molecule has 0 saturated carbocycles. The quantitative estimate of drug-likeness (QED) is 0.590. The molecule has 1 aliphatic heterocycles. The fourth-order valence-electron chi connectivity index (χ4n) is 2.62. The molecule has 1 amide bonds. The van der Waals surface area contributed by atoms with Gasteiger partial charge in [-0.25, -0.2) is 4.79 Å². The molecule has 0 spiro atoms. The number of hydrogen-bond donors (Lipinski definition) is 1. The van der Waals surface area contributed by atoms with Gasteiger partial charge in [0, 0.05) is 18.9 Å². The summed E-state index contributed by atoms with van der Waals surface area (Å²) >= 11 is 0. The van der Waals surface area contributed by atoms with Gasteiger partial charge < -0.3 is 19.5 Å². The highest BCUT2D eigenvalue weighted by Gasteiger charge is 2.36. The third-order valence-corrected chi connectivity index (χ3v) is 4.00. The monoisotopic (exact) mass is 363 g/mol. The summed E-state index contributed by atoms with van der Waals surface area (Å²) in [6.45, 7) is 4.67. The Balaban J connectivity index is 1.86. The first-order valence-corrected chi connectivity index (χ1v) is 8.72. The number of ether oxygens (including phenoxy) is 3. The van der Waals surface area contributed by atoms with Crippen LogP contribution in [0, 0.1) is 17.8 Å². The molecule has 0 radical (unpaired) electrons. The summed E-state index contributed by atoms with van der Waals surface area (Å²) in [6.07, 6.45) is -0.861. The molecule has 0 bridgehead atoms. The van der Waals surface area contributed by atoms with Gasteiger partial charge in [-0.1, -0.05) is 44.2 Å². The van der Waals surface area contributed by atoms with Gasteiger partial charge in [0.2, 0.25) is 5.91 Å². The third-order valence-electron chi connectivity index (χ3n) is 4.00. The predicted octanol–water partition coefficient (Wildman–Crippen LogP) is 2.29. The summed E-state index contributed by atoms with van der Waals surface area (Å²) in [5.74, 6) is -1.70. The average Bonchev–Trinajstić information content (AvgIpc) is 2.61. The smallest absolute Gasteiger partial charge is 0.434 e. The second-order valence-corrected chi connectivity index (χ2v) is 6.75. The van der Waals surface area contributed by atoms with Crippen LogP contribution in [0.1, 0.15) is 25.8 Å². The van der Waals surface area contributed by atoms with Crippen molar-refractivity contribution in [1.29, 1.82) is 0 Å². The summed E-state index contributed by atoms with van der Waals surface area (Å²) < 4.78 is 15.3. The van der Waals surface area contributed by atoms with Crippen molar-refractivity contribution in [2.75, 3.05) is 19.8 Å². The minimum Gasteiger partial charge on any atom is -0.434 e. The van der Waals surface area contributed by atoms with Crippen LogP contribution in [0.25, 0.3) is 0 Å². The molecule has 1 saturated heterocycles. The number of nitrogens with one attached hydrogen (secondary N) is 1. The molecule has 1 aliphatic rings. The van der Waals surface area contributed by atoms with E-state index in [4.69, 9.17) is 14.2 Å². The van der Waals surface area contributed by atoms with Crippen molar-refractivity contribution >= 4 is 18.0 Å². The third kappa shape index (κ3) is 6.48. The minimum absolute atomic E-state index is 0.120. The van der Waals surface area contributed by atoms with Crippen LogP contribution in [-0.2, 0) is 30.4 Å². The molecule has 1 N–H and O–H groups in total. The Morgan fingerprint density at radius 1 is 1.23 bits per heavy atom. The summed E-state index contributed by atoms with van der Waals surface area (Å²) in [7, 11) is 0. The van der Waals surface area contributed by atoms with E-state index < -0.39 is 18.0 Å². The topological polar surface area (TPSA) is 90.9 Å². The van der Waals surface area contributed by atoms with Gasteiger partial charge in [0.15, 0.2) is 0 Å². The highest BCUT2D eigenvalue weighted by atomic mass is 16.7. The number of esters is 1. The normalized spacial score (nSPS) is 19.7. The van der Waals surface area contributed by atoms with E-state index in [-0.39, 0.29) is 43.9 Å². The molecule has 2 atom stereocenters. The maximum absolute atomic E-state index is 12.3. The standard InChI is InChI=1S/C19H25NO6/c1-13(2)10-25-19(23)26-18(22)16-9-20-17(21)8-15(16)12-24-11-14-6-4-3-5-7-14/h3-7,13,15-16H,8-12H2,1-2H3,(H,20,21). The van der Waals surface area contributed by atoms with E-state index in [1.165, 1.54) is 0 Å². The van der Waals surface area contributed by atoms with E-state index in [2.05, 4.69) is 5.32 Å². The predicted molar refractivity (Wildman–Crippen MR) is 93.0 cm³/mol. The number of hydrogen-bond acceptors (Lipinski definition) is 6. The maximum Gasteiger partial charge on any atom is 0.516 e. The molecule has 1 heterocycles. The highest BCUT2D eigenvalue weighted by Crippen LogP contribution is 2.22. The first-order valence-electron chi connectivity index (χ1n) is 8.72. The largest absolute Gasteiger partial charge is 0.516 e. The summed E-state index contributed by atoms with van der Waals surface area (Å²) in [5.41, 5.74) is 1.00. The second-order valence-electron chi connectivity index (χ2n) is 6.75. The Bertz CT molecular complexity index is 616. The Morgan fingerprint density at radius 3 is 2.65 bits per heavy atom. The molecule has 0 aromatic heterocycles. The van der Waals surface area contributed by atoms with E-state index in [1.54, 1.807) is 0 Å². The number of benzene rings is 1. The molecular weight excluding hydrogens is 338 g/mol. The molecule has 0 aliphatic carbocycles. The van der Waals surface area contributed by atoms with Crippen LogP contribution in [-0.4, -0.2) is 37.8 Å². The lowest BCUT2D eigenvalue weighted by atomic mass is 9.86. The summed E-state index contributed by atoms with van der Waals surface area (Å²) in [6, 6.07) is 9.61. The minimum atomic E-state index is -1.01. The van der Waals surface area contributed by atoms with Crippen LogP contribution in [0.4, 0.5) is 4.79 Å². The zero-order chi connectivity index (χ0) is 18.9. The van der Waals surface area contributed by atoms with Gasteiger partial charge in [-0.3, -0.25) is 9.59 Å². The van der Waals surface area contributed by atoms with E-state index in [0.717, 1.165) is 5.56 Å². The lowest BCUT2D eigenvalue weighted by Gasteiger charge is -2.29. The molecule has 1 aromatic carbocycles. The molecule has 7 heteroatoms. The zero-order valence-corrected chi connectivity index (χ0v) is 15.1. The molecule has 1 fully saturated rings. The fourth-order valence-corrected chi connectivity index (χ4v) is 2.62. The molecule has 26 heavy (non-hydrogen) atoms. The van der Waals surface area contributed by atoms with E-state index in [1.807, 2.05) is 44.2 Å². The van der Waals surface area contributed by atoms with Crippen LogP contribution < -0.4 is 5.32 Å². The van der Waals surface area contributed by atoms with Crippen LogP contribution in [0.5, 0.6) is 0 Å². The lowest BCUT2D eigenvalue weighted by molar-refractivity contribution is -0.149. The number of carbonyl (C=O) groups is 3. The first-order chi connectivity index (χ1) is 12.5. The molecule has 7 nitrogen and oxygen atoms in total. The van der Waals surface area contributed by atoms with E-state index >= 15 is 0 Å². The van der Waals surface area contributed by atoms with Gasteiger partial charge in [-0.05, 0) is 11.5 Å². The number of rotatable bonds is 7. The first kappa shape index (κ1) is 19.9. The molecule has 2 rings (SSSR count). The summed E-state index contributed by atoms with van der Waals surface area (Å²) in [4.78, 5) is 35.5. The Kier molecular flexibility index (Phi) is 7.59. The van der Waals surface area contributed by atoms with Gasteiger partial charge in [0.05, 0.1) is 25.7 Å². The van der Waals surface area contributed by atoms with Crippen molar-refractivity contribution in [1.82, 2.24) is 5.32 Å². The second kappa shape index (κ2) is 9.91. The van der Waals surface area contributed by atoms with Gasteiger partial charge in [0.1, 0.15) is 0 Å². The number of carbonyl (C=O) groups excluding carboxylic acids is 3. The van der Waals surface area contributed by atoms with Crippen molar-refractivity contribution < 1.29 is 28.6 Å². The van der Waals surface area contributed by atoms with Crippen LogP contribution in [0.3, 0.4) is 0 Å². The van der Waals surface area contributed by atoms with E-state index in [0.29, 0.717) is 6.61 Å². The Labute approximate surface area is 153 Å². The van der Waals surface area contributed by atoms with E-state index in [9.17, 15) is 14.4 Å². The molecule has 1 aromatic rings. The SMILES string of the molecule is CC(C)COC(=O)OC(=O)C1CNC(=O)CC1COCc1ccccc1. The Morgan fingerprint density at radius 2 is 1.96 bits per heavy atom. The van der Waals surface area contributed by atoms with Gasteiger partial charge in [0.25, 0.3) is 0 Å². The van der Waals surface area contributed by atoms with Gasteiger partial charge in [-0.2, -0.15) is 0 Å². The van der Waals surface area contributed by atoms with Crippen LogP contribution in [0.15, 0.2) is 30.3 Å². The maximum atomic E-state index is 12.3. The van der Waals surface area contributed by atoms with Crippen molar-refractivity contribution in [3.05, 3.63) is 35.9 Å². The van der Waals surface area contributed by atoms with Crippen LogP contribution in [0.2, 0.25) is 0 Å². The summed E-state index contributed by atoms with van der Waals surface area (Å²) in [5, 5.41) is 2.63. The molecular formula is C19H25NO6. The fraction of sp³-hybridized carbons (Fsp3) is 0.526. The van der Waals surface area contributed by atoms with Crippen molar-refractivity contribution in [2.24, 2.45) is 17.8 Å². The highest BCUT2D eigenvalue weighted by molar-refractivity contribution is 5.86. The van der Waals surface area contributed by atoms with Gasteiger partial charge >= 0.3 is 12.1 Å². The average molecular weight is 363 g/mol. The molecule has 142 valence electrons. The van der Waals surface area contributed by atoms with Crippen molar-refractivity contribution in [3.8, 4) is 0 Å². The number of amides is 1. The number of piperidine rings is 1. The lowest BCUT2D eigenvalue weighted by Crippen LogP contribution is -2.46.